The van der Waals surface area contributed by atoms with E-state index in [-0.39, 0.29) is 0 Å². The van der Waals surface area contributed by atoms with Crippen molar-refractivity contribution in [2.75, 3.05) is 0 Å². The van der Waals surface area contributed by atoms with Gasteiger partial charge in [-0.25, -0.2) is 0 Å². The van der Waals surface area contributed by atoms with Gasteiger partial charge in [0.15, 0.2) is 0 Å². The predicted octanol–water partition coefficient (Wildman–Crippen LogP) is 5.63. The van der Waals surface area contributed by atoms with E-state index >= 15 is 0 Å². The van der Waals surface area contributed by atoms with Gasteiger partial charge < -0.3 is 0 Å². The van der Waals surface area contributed by atoms with Gasteiger partial charge in [-0.1, -0.05) is 0 Å². The van der Waals surface area contributed by atoms with Crippen LogP contribution in [0.5, 0.6) is 5.75 Å². The van der Waals surface area contributed by atoms with Crippen molar-refractivity contribution in [2.45, 2.75) is 6.16 Å². The van der Waals surface area contributed by atoms with Crippen molar-refractivity contribution in [2.24, 2.45) is 0 Å². The number of benzene rings is 4. The van der Waals surface area contributed by atoms with Crippen LogP contribution in [0.15, 0.2) is 109 Å². The maximum absolute atomic E-state index is 7.22. The van der Waals surface area contributed by atoms with E-state index < -0.39 is 6.83 Å². The predicted molar refractivity (Wildman–Crippen MR) is 129 cm³/mol. The maximum atomic E-state index is 7.22. The molecule has 3 heteroatoms. The Morgan fingerprint density at radius 1 is 0.607 bits per heavy atom. The van der Waals surface area contributed by atoms with Crippen LogP contribution in [0.1, 0.15) is 5.56 Å². The molecule has 0 aliphatic carbocycles. The summed E-state index contributed by atoms with van der Waals surface area (Å²) < 4.78 is 8.47. The summed E-state index contributed by atoms with van der Waals surface area (Å²) in [5.41, 5.74) is 1.29. The molecule has 0 fully saturated rings. The molecule has 1 aliphatic heterocycles. The zero-order chi connectivity index (χ0) is 19.1. The van der Waals surface area contributed by atoms with Crippen LogP contribution >= 0.6 is 29.4 Å². The van der Waals surface area contributed by atoms with Crippen molar-refractivity contribution in [3.05, 3.63) is 118 Å². The molecule has 138 valence electrons. The standard InChI is InChI=1S/C25H20IOP/c26-21-16-17-25-20(18-21)19-28(27-25,22-10-4-1-5-11-22,23-12-6-2-7-13-23)24-14-8-3-9-15-24/h1-18H,19H2. The van der Waals surface area contributed by atoms with Crippen LogP contribution in [0.2, 0.25) is 0 Å². The minimum absolute atomic E-state index is 0.885. The quantitative estimate of drug-likeness (QED) is 0.265. The molecule has 1 aliphatic rings. The Bertz CT molecular complexity index is 1030. The summed E-state index contributed by atoms with van der Waals surface area (Å²) in [4.78, 5) is 0. The summed E-state index contributed by atoms with van der Waals surface area (Å²) in [6.45, 7) is -3.16. The van der Waals surface area contributed by atoms with Crippen LogP contribution in [0.25, 0.3) is 0 Å². The third-order valence-electron chi connectivity index (χ3n) is 5.70. The normalized spacial score (nSPS) is 17.7. The third-order valence-corrected chi connectivity index (χ3v) is 12.1. The molecule has 4 aromatic rings. The molecule has 0 spiro atoms. The molecule has 5 rings (SSSR count). The van der Waals surface area contributed by atoms with Crippen molar-refractivity contribution in [3.63, 3.8) is 0 Å². The van der Waals surface area contributed by atoms with E-state index in [1.165, 1.54) is 25.0 Å². The van der Waals surface area contributed by atoms with Gasteiger partial charge in [0.1, 0.15) is 0 Å². The Labute approximate surface area is 179 Å². The molecule has 0 amide bonds. The van der Waals surface area contributed by atoms with Gasteiger partial charge in [-0.3, -0.25) is 0 Å². The fourth-order valence-electron chi connectivity index (χ4n) is 4.44. The first-order valence-corrected chi connectivity index (χ1v) is 12.8. The van der Waals surface area contributed by atoms with Gasteiger partial charge in [-0.05, 0) is 0 Å². The summed E-state index contributed by atoms with van der Waals surface area (Å²) in [6, 6.07) is 39.1. The summed E-state index contributed by atoms with van der Waals surface area (Å²) in [7, 11) is 0. The SMILES string of the molecule is Ic1ccc2c(c1)CP(c1ccccc1)(c1ccccc1)(c1ccccc1)O2. The van der Waals surface area contributed by atoms with Gasteiger partial charge in [-0.15, -0.1) is 0 Å². The van der Waals surface area contributed by atoms with E-state index in [2.05, 4.69) is 132 Å². The molecule has 0 unspecified atom stereocenters. The second-order valence-corrected chi connectivity index (χ2v) is 12.9. The van der Waals surface area contributed by atoms with Crippen LogP contribution in [0, 0.1) is 3.57 Å². The summed E-state index contributed by atoms with van der Waals surface area (Å²) in [5.74, 6) is 1.01. The number of fused-ring (bicyclic) bond motifs is 1. The molecule has 1 heterocycles. The molecule has 0 N–H and O–H groups in total. The monoisotopic (exact) mass is 494 g/mol. The summed E-state index contributed by atoms with van der Waals surface area (Å²) in [5, 5.41) is 3.83. The first kappa shape index (κ1) is 17.9. The van der Waals surface area contributed by atoms with Gasteiger partial charge >= 0.3 is 180 Å². The van der Waals surface area contributed by atoms with Crippen molar-refractivity contribution in [3.8, 4) is 5.75 Å². The van der Waals surface area contributed by atoms with Crippen LogP contribution in [-0.4, -0.2) is 0 Å². The number of hydrogen-bond acceptors (Lipinski definition) is 1. The minimum atomic E-state index is -3.16. The van der Waals surface area contributed by atoms with E-state index in [9.17, 15) is 0 Å². The Balaban J connectivity index is 1.93. The molecule has 4 aromatic carbocycles. The number of hydrogen-bond donors (Lipinski definition) is 0. The van der Waals surface area contributed by atoms with E-state index in [1.54, 1.807) is 0 Å². The molecule has 28 heavy (non-hydrogen) atoms. The Morgan fingerprint density at radius 2 is 1.07 bits per heavy atom. The Morgan fingerprint density at radius 3 is 1.54 bits per heavy atom. The van der Waals surface area contributed by atoms with Crippen LogP contribution in [0.4, 0.5) is 0 Å². The Hall–Kier alpha value is -2.16. The van der Waals surface area contributed by atoms with Gasteiger partial charge in [0.05, 0.1) is 0 Å². The first-order valence-electron chi connectivity index (χ1n) is 9.39. The van der Waals surface area contributed by atoms with E-state index in [0.29, 0.717) is 0 Å². The van der Waals surface area contributed by atoms with Crippen molar-refractivity contribution in [1.29, 1.82) is 0 Å². The second kappa shape index (κ2) is 6.72. The average Bonchev–Trinajstić information content (AvgIpc) is 3.13. The van der Waals surface area contributed by atoms with Crippen LogP contribution in [0.3, 0.4) is 0 Å². The Kier molecular flexibility index (Phi) is 4.30. The number of halogens is 1. The molecule has 1 nitrogen and oxygen atoms in total. The zero-order valence-electron chi connectivity index (χ0n) is 15.3. The second-order valence-electron chi connectivity index (χ2n) is 7.22. The molecular formula is C25H20IOP. The fraction of sp³-hybridized carbons (Fsp3) is 0.0400. The molecule has 0 atom stereocenters. The van der Waals surface area contributed by atoms with Crippen molar-refractivity contribution < 1.29 is 4.52 Å². The van der Waals surface area contributed by atoms with E-state index in [4.69, 9.17) is 4.52 Å². The third kappa shape index (κ3) is 2.48. The molecule has 0 radical (unpaired) electrons. The first-order chi connectivity index (χ1) is 13.7. The van der Waals surface area contributed by atoms with E-state index in [0.717, 1.165) is 11.9 Å². The average molecular weight is 494 g/mol. The fourth-order valence-corrected chi connectivity index (χ4v) is 10.7. The topological polar surface area (TPSA) is 9.23 Å². The molecule has 0 bridgehead atoms. The summed E-state index contributed by atoms with van der Waals surface area (Å²) >= 11 is 2.39. The van der Waals surface area contributed by atoms with Crippen LogP contribution < -0.4 is 20.4 Å². The van der Waals surface area contributed by atoms with E-state index in [1.807, 2.05) is 0 Å². The van der Waals surface area contributed by atoms with Crippen molar-refractivity contribution >= 4 is 45.3 Å². The van der Waals surface area contributed by atoms with Crippen LogP contribution in [-0.2, 0) is 6.16 Å². The van der Waals surface area contributed by atoms with Gasteiger partial charge in [0, 0.05) is 0 Å². The van der Waals surface area contributed by atoms with Gasteiger partial charge in [0.25, 0.3) is 0 Å². The van der Waals surface area contributed by atoms with Gasteiger partial charge in [-0.2, -0.15) is 0 Å². The molecular weight excluding hydrogens is 474 g/mol. The van der Waals surface area contributed by atoms with Crippen molar-refractivity contribution in [1.82, 2.24) is 0 Å². The summed E-state index contributed by atoms with van der Waals surface area (Å²) in [6.07, 6.45) is 0.885. The van der Waals surface area contributed by atoms with Gasteiger partial charge in [0.2, 0.25) is 0 Å². The molecule has 0 saturated carbocycles. The number of rotatable bonds is 3. The molecule has 0 aromatic heterocycles. The zero-order valence-corrected chi connectivity index (χ0v) is 18.4. The molecule has 0 saturated heterocycles.